The van der Waals surface area contributed by atoms with Gasteiger partial charge in [-0.05, 0) is 49.1 Å². The number of imide groups is 1. The van der Waals surface area contributed by atoms with Crippen LogP contribution in [-0.4, -0.2) is 31.3 Å². The Morgan fingerprint density at radius 1 is 0.889 bits per heavy atom. The molecule has 0 N–H and O–H groups in total. The van der Waals surface area contributed by atoms with Crippen LogP contribution in [0, 0.1) is 11.5 Å². The summed E-state index contributed by atoms with van der Waals surface area (Å²) >= 11 is 0. The van der Waals surface area contributed by atoms with E-state index >= 15 is 0 Å². The van der Waals surface area contributed by atoms with Crippen molar-refractivity contribution in [1.82, 2.24) is 4.90 Å². The second-order valence-electron chi connectivity index (χ2n) is 7.97. The SMILES string of the molecule is C[Si](C)(C)C#Cc1cccc(CCCCN2C(=O)c3ccccc3C2=O)c1. The van der Waals surface area contributed by atoms with Crippen LogP contribution in [-0.2, 0) is 6.42 Å². The Bertz CT molecular complexity index is 896. The predicted octanol–water partition coefficient (Wildman–Crippen LogP) is 4.53. The van der Waals surface area contributed by atoms with Gasteiger partial charge in [-0.25, -0.2) is 0 Å². The van der Waals surface area contributed by atoms with Crippen LogP contribution in [0.15, 0.2) is 48.5 Å². The van der Waals surface area contributed by atoms with E-state index in [0.717, 1.165) is 24.8 Å². The molecule has 2 amide bonds. The first-order chi connectivity index (χ1) is 12.8. The molecule has 0 radical (unpaired) electrons. The van der Waals surface area contributed by atoms with Gasteiger partial charge >= 0.3 is 0 Å². The van der Waals surface area contributed by atoms with Crippen LogP contribution in [0.3, 0.4) is 0 Å². The zero-order chi connectivity index (χ0) is 19.4. The average Bonchev–Trinajstić information content (AvgIpc) is 2.88. The van der Waals surface area contributed by atoms with Gasteiger partial charge in [-0.2, -0.15) is 0 Å². The Balaban J connectivity index is 1.53. The van der Waals surface area contributed by atoms with Gasteiger partial charge in [0.1, 0.15) is 8.07 Å². The summed E-state index contributed by atoms with van der Waals surface area (Å²) in [7, 11) is -1.37. The highest BCUT2D eigenvalue weighted by molar-refractivity contribution is 6.83. The summed E-state index contributed by atoms with van der Waals surface area (Å²) in [5.41, 5.74) is 6.76. The lowest BCUT2D eigenvalue weighted by molar-refractivity contribution is 0.0652. The molecule has 3 rings (SSSR count). The summed E-state index contributed by atoms with van der Waals surface area (Å²) in [5, 5.41) is 0. The zero-order valence-electron chi connectivity index (χ0n) is 16.2. The number of benzene rings is 2. The van der Waals surface area contributed by atoms with E-state index in [9.17, 15) is 9.59 Å². The van der Waals surface area contributed by atoms with Crippen LogP contribution in [0.4, 0.5) is 0 Å². The lowest BCUT2D eigenvalue weighted by Crippen LogP contribution is -2.30. The van der Waals surface area contributed by atoms with Crippen molar-refractivity contribution in [3.05, 3.63) is 70.8 Å². The molecule has 0 aliphatic carbocycles. The Morgan fingerprint density at radius 3 is 2.19 bits per heavy atom. The summed E-state index contributed by atoms with van der Waals surface area (Å²) in [6.45, 7) is 7.19. The minimum absolute atomic E-state index is 0.167. The molecule has 0 saturated heterocycles. The molecule has 1 heterocycles. The van der Waals surface area contributed by atoms with Gasteiger partial charge in [0, 0.05) is 12.1 Å². The van der Waals surface area contributed by atoms with Crippen LogP contribution in [0.1, 0.15) is 44.7 Å². The molecule has 0 saturated carbocycles. The van der Waals surface area contributed by atoms with E-state index < -0.39 is 8.07 Å². The molecule has 1 aliphatic rings. The number of aryl methyl sites for hydroxylation is 1. The van der Waals surface area contributed by atoms with Gasteiger partial charge in [0.15, 0.2) is 0 Å². The Morgan fingerprint density at radius 2 is 1.56 bits per heavy atom. The Kier molecular flexibility index (Phi) is 5.62. The average molecular weight is 376 g/mol. The van der Waals surface area contributed by atoms with Crippen LogP contribution >= 0.6 is 0 Å². The number of carbonyl (C=O) groups is 2. The lowest BCUT2D eigenvalue weighted by atomic mass is 10.1. The quantitative estimate of drug-likeness (QED) is 0.333. The van der Waals surface area contributed by atoms with Crippen LogP contribution in [0.2, 0.25) is 19.6 Å². The van der Waals surface area contributed by atoms with E-state index in [2.05, 4.69) is 49.3 Å². The number of hydrogen-bond acceptors (Lipinski definition) is 2. The lowest BCUT2D eigenvalue weighted by Gasteiger charge is -2.13. The number of fused-ring (bicyclic) bond motifs is 1. The van der Waals surface area contributed by atoms with Crippen molar-refractivity contribution < 1.29 is 9.59 Å². The fraction of sp³-hybridized carbons (Fsp3) is 0.304. The van der Waals surface area contributed by atoms with Gasteiger partial charge in [0.2, 0.25) is 0 Å². The van der Waals surface area contributed by atoms with E-state index in [-0.39, 0.29) is 11.8 Å². The van der Waals surface area contributed by atoms with E-state index in [1.165, 1.54) is 10.5 Å². The highest BCUT2D eigenvalue weighted by Crippen LogP contribution is 2.22. The summed E-state index contributed by atoms with van der Waals surface area (Å²) in [6.07, 6.45) is 2.65. The molecule has 0 fully saturated rings. The monoisotopic (exact) mass is 375 g/mol. The first-order valence-corrected chi connectivity index (χ1v) is 12.9. The third kappa shape index (κ3) is 4.75. The standard InChI is InChI=1S/C23H25NO2Si/c1-27(2,3)16-14-19-11-8-10-18(17-19)9-6-7-15-24-22(25)20-12-4-5-13-21(20)23(24)26/h4-5,8,10-13,17H,6-7,9,15H2,1-3H3. The van der Waals surface area contributed by atoms with Gasteiger partial charge in [0.25, 0.3) is 11.8 Å². The minimum atomic E-state index is -1.37. The van der Waals surface area contributed by atoms with Crippen LogP contribution < -0.4 is 0 Å². The van der Waals surface area contributed by atoms with Gasteiger partial charge in [0.05, 0.1) is 11.1 Å². The van der Waals surface area contributed by atoms with Gasteiger partial charge < -0.3 is 0 Å². The van der Waals surface area contributed by atoms with E-state index in [4.69, 9.17) is 0 Å². The molecular formula is C23H25NO2Si. The predicted molar refractivity (Wildman–Crippen MR) is 111 cm³/mol. The van der Waals surface area contributed by atoms with Crippen molar-refractivity contribution in [2.24, 2.45) is 0 Å². The molecule has 0 unspecified atom stereocenters. The molecule has 3 nitrogen and oxygen atoms in total. The van der Waals surface area contributed by atoms with Crippen molar-refractivity contribution >= 4 is 19.9 Å². The molecule has 0 aromatic heterocycles. The van der Waals surface area contributed by atoms with Crippen molar-refractivity contribution in [2.45, 2.75) is 38.9 Å². The number of hydrogen-bond donors (Lipinski definition) is 0. The fourth-order valence-electron chi connectivity index (χ4n) is 3.11. The molecular weight excluding hydrogens is 350 g/mol. The van der Waals surface area contributed by atoms with Crippen LogP contribution in [0.25, 0.3) is 0 Å². The van der Waals surface area contributed by atoms with Gasteiger partial charge in [-0.1, -0.05) is 49.8 Å². The molecule has 138 valence electrons. The fourth-order valence-corrected chi connectivity index (χ4v) is 3.62. The van der Waals surface area contributed by atoms with Crippen molar-refractivity contribution in [3.63, 3.8) is 0 Å². The molecule has 0 bridgehead atoms. The second kappa shape index (κ2) is 7.94. The molecule has 0 atom stereocenters. The number of amides is 2. The summed E-state index contributed by atoms with van der Waals surface area (Å²) in [5.74, 6) is 2.96. The van der Waals surface area contributed by atoms with Crippen molar-refractivity contribution in [2.75, 3.05) is 6.54 Å². The largest absolute Gasteiger partial charge is 0.274 e. The number of unbranched alkanes of at least 4 members (excludes halogenated alkanes) is 1. The maximum absolute atomic E-state index is 12.4. The first-order valence-electron chi connectivity index (χ1n) is 9.42. The molecule has 27 heavy (non-hydrogen) atoms. The minimum Gasteiger partial charge on any atom is -0.274 e. The number of nitrogens with zero attached hydrogens (tertiary/aromatic N) is 1. The Hall–Kier alpha value is -2.64. The summed E-state index contributed by atoms with van der Waals surface area (Å²) in [4.78, 5) is 26.1. The highest BCUT2D eigenvalue weighted by atomic mass is 28.3. The highest BCUT2D eigenvalue weighted by Gasteiger charge is 2.34. The molecule has 4 heteroatoms. The third-order valence-electron chi connectivity index (χ3n) is 4.48. The van der Waals surface area contributed by atoms with E-state index in [1.54, 1.807) is 24.3 Å². The smallest absolute Gasteiger partial charge is 0.261 e. The zero-order valence-corrected chi connectivity index (χ0v) is 17.2. The molecule has 1 aliphatic heterocycles. The van der Waals surface area contributed by atoms with Gasteiger partial charge in [-0.3, -0.25) is 14.5 Å². The van der Waals surface area contributed by atoms with Crippen molar-refractivity contribution in [1.29, 1.82) is 0 Å². The maximum atomic E-state index is 12.4. The third-order valence-corrected chi connectivity index (χ3v) is 5.36. The van der Waals surface area contributed by atoms with Crippen LogP contribution in [0.5, 0.6) is 0 Å². The van der Waals surface area contributed by atoms with Gasteiger partial charge in [-0.15, -0.1) is 5.54 Å². The maximum Gasteiger partial charge on any atom is 0.261 e. The summed E-state index contributed by atoms with van der Waals surface area (Å²) < 4.78 is 0. The molecule has 2 aromatic rings. The number of carbonyl (C=O) groups excluding carboxylic acids is 2. The number of rotatable bonds is 5. The summed E-state index contributed by atoms with van der Waals surface area (Å²) in [6, 6.07) is 15.4. The molecule has 2 aromatic carbocycles. The Labute approximate surface area is 162 Å². The van der Waals surface area contributed by atoms with Crippen molar-refractivity contribution in [3.8, 4) is 11.5 Å². The topological polar surface area (TPSA) is 37.4 Å². The normalized spacial score (nSPS) is 13.4. The molecule has 0 spiro atoms. The second-order valence-corrected chi connectivity index (χ2v) is 12.7. The first kappa shape index (κ1) is 19.1. The van der Waals surface area contributed by atoms with E-state index in [0.29, 0.717) is 17.7 Å². The van der Waals surface area contributed by atoms with E-state index in [1.807, 2.05) is 6.07 Å².